The molecule has 3 aliphatic heterocycles. The Morgan fingerprint density at radius 1 is 1.06 bits per heavy atom. The third-order valence-corrected chi connectivity index (χ3v) is 3.79. The van der Waals surface area contributed by atoms with E-state index in [2.05, 4.69) is 0 Å². The molecule has 3 saturated heterocycles. The molecule has 4 bridgehead atoms. The van der Waals surface area contributed by atoms with Crippen molar-refractivity contribution in [2.75, 3.05) is 0 Å². The van der Waals surface area contributed by atoms with Gasteiger partial charge in [-0.3, -0.25) is 0 Å². The molecule has 4 fully saturated rings. The van der Waals surface area contributed by atoms with Gasteiger partial charge in [0.15, 0.2) is 5.60 Å². The first-order valence-corrected chi connectivity index (χ1v) is 6.02. The summed E-state index contributed by atoms with van der Waals surface area (Å²) in [5, 5.41) is 9.55. The molecule has 4 aliphatic rings. The number of hydrogen-bond acceptors (Lipinski definition) is 4. The first kappa shape index (κ1) is 12.7. The summed E-state index contributed by atoms with van der Waals surface area (Å²) in [5.74, 6) is -1.73. The Balaban J connectivity index is 1.80. The van der Waals surface area contributed by atoms with Crippen molar-refractivity contribution in [1.82, 2.24) is 0 Å². The molecule has 3 heterocycles. The van der Waals surface area contributed by atoms with E-state index in [0.717, 1.165) is 0 Å². The third-order valence-electron chi connectivity index (χ3n) is 3.79. The maximum absolute atomic E-state index is 12.7. The van der Waals surface area contributed by atoms with E-state index in [0.29, 0.717) is 26.2 Å². The van der Waals surface area contributed by atoms with Crippen LogP contribution in [0.5, 0.6) is 0 Å². The number of ether oxygens (including phenoxy) is 3. The topological polar surface area (TPSA) is 47.9 Å². The molecule has 1 saturated carbocycles. The number of hydrogen-bond donors (Lipinski definition) is 1. The third kappa shape index (κ3) is 1.93. The van der Waals surface area contributed by atoms with Crippen LogP contribution in [0.15, 0.2) is 0 Å². The monoisotopic (exact) mass is 268 g/mol. The van der Waals surface area contributed by atoms with E-state index in [1.807, 2.05) is 0 Å². The van der Waals surface area contributed by atoms with Gasteiger partial charge in [-0.2, -0.15) is 13.2 Å². The lowest BCUT2D eigenvalue weighted by molar-refractivity contribution is -0.506. The first-order valence-electron chi connectivity index (χ1n) is 6.02. The smallest absolute Gasteiger partial charge is 0.380 e. The molecule has 1 aliphatic carbocycles. The van der Waals surface area contributed by atoms with Crippen LogP contribution in [0, 0.1) is 0 Å². The second-order valence-electron chi connectivity index (χ2n) is 5.56. The molecule has 0 spiro atoms. The average Bonchev–Trinajstić information content (AvgIpc) is 2.10. The van der Waals surface area contributed by atoms with Gasteiger partial charge in [-0.1, -0.05) is 0 Å². The lowest BCUT2D eigenvalue weighted by atomic mass is 9.87. The van der Waals surface area contributed by atoms with Crippen molar-refractivity contribution in [3.05, 3.63) is 0 Å². The van der Waals surface area contributed by atoms with Gasteiger partial charge in [-0.05, 0) is 6.92 Å². The van der Waals surface area contributed by atoms with Crippen molar-refractivity contribution in [1.29, 1.82) is 0 Å². The van der Waals surface area contributed by atoms with Gasteiger partial charge in [-0.15, -0.1) is 0 Å². The minimum atomic E-state index is -4.74. The standard InChI is InChI=1S/C11H15F3O4/c1-9(15,11(12,13)14)5-10-16-6-2-7(17-10)4-8(3-6)18-10/h6-8,15H,2-5H2,1H3. The van der Waals surface area contributed by atoms with Crippen LogP contribution >= 0.6 is 0 Å². The molecule has 0 aromatic rings. The van der Waals surface area contributed by atoms with Gasteiger partial charge in [-0.25, -0.2) is 0 Å². The molecule has 7 heteroatoms. The van der Waals surface area contributed by atoms with Crippen molar-refractivity contribution in [2.45, 2.75) is 68.7 Å². The zero-order valence-corrected chi connectivity index (χ0v) is 9.87. The molecule has 0 aromatic carbocycles. The summed E-state index contributed by atoms with van der Waals surface area (Å²) in [6.07, 6.45) is -3.80. The van der Waals surface area contributed by atoms with E-state index >= 15 is 0 Å². The highest BCUT2D eigenvalue weighted by Crippen LogP contribution is 2.49. The van der Waals surface area contributed by atoms with Crippen molar-refractivity contribution in [2.24, 2.45) is 0 Å². The fourth-order valence-corrected chi connectivity index (χ4v) is 2.95. The lowest BCUT2D eigenvalue weighted by Crippen LogP contribution is -2.65. The van der Waals surface area contributed by atoms with E-state index in [1.54, 1.807) is 0 Å². The fraction of sp³-hybridized carbons (Fsp3) is 1.00. The molecular weight excluding hydrogens is 253 g/mol. The Labute approximate surface area is 102 Å². The van der Waals surface area contributed by atoms with E-state index in [1.165, 1.54) is 0 Å². The van der Waals surface area contributed by atoms with Crippen LogP contribution in [0.25, 0.3) is 0 Å². The molecule has 4 nitrogen and oxygen atoms in total. The molecule has 1 unspecified atom stereocenters. The summed E-state index contributed by atoms with van der Waals surface area (Å²) in [4.78, 5) is 0. The molecule has 0 aromatic heterocycles. The van der Waals surface area contributed by atoms with Gasteiger partial charge in [0.2, 0.25) is 0 Å². The second kappa shape index (κ2) is 3.59. The van der Waals surface area contributed by atoms with Crippen molar-refractivity contribution in [3.63, 3.8) is 0 Å². The highest BCUT2D eigenvalue weighted by molar-refractivity contribution is 4.95. The minimum Gasteiger partial charge on any atom is -0.380 e. The highest BCUT2D eigenvalue weighted by Gasteiger charge is 2.62. The quantitative estimate of drug-likeness (QED) is 0.828. The summed E-state index contributed by atoms with van der Waals surface area (Å²) >= 11 is 0. The Morgan fingerprint density at radius 3 is 1.78 bits per heavy atom. The summed E-state index contributed by atoms with van der Waals surface area (Å²) in [6, 6.07) is 0. The number of rotatable bonds is 2. The predicted molar refractivity (Wildman–Crippen MR) is 52.5 cm³/mol. The molecule has 18 heavy (non-hydrogen) atoms. The molecule has 0 amide bonds. The minimum absolute atomic E-state index is 0.125. The molecular formula is C11H15F3O4. The molecule has 1 N–H and O–H groups in total. The maximum Gasteiger partial charge on any atom is 0.417 e. The average molecular weight is 268 g/mol. The van der Waals surface area contributed by atoms with Crippen molar-refractivity contribution in [3.8, 4) is 0 Å². The van der Waals surface area contributed by atoms with Crippen LogP contribution in [0.2, 0.25) is 0 Å². The number of alkyl halides is 3. The summed E-state index contributed by atoms with van der Waals surface area (Å²) in [7, 11) is 0. The van der Waals surface area contributed by atoms with E-state index in [4.69, 9.17) is 14.2 Å². The Kier molecular flexibility index (Phi) is 2.53. The van der Waals surface area contributed by atoms with E-state index in [9.17, 15) is 18.3 Å². The molecule has 104 valence electrons. The van der Waals surface area contributed by atoms with Gasteiger partial charge >= 0.3 is 6.18 Å². The molecule has 4 rings (SSSR count). The molecule has 1 atom stereocenters. The highest BCUT2D eigenvalue weighted by atomic mass is 19.4. The van der Waals surface area contributed by atoms with Crippen LogP contribution in [-0.4, -0.2) is 41.2 Å². The van der Waals surface area contributed by atoms with E-state index < -0.39 is 24.2 Å². The summed E-state index contributed by atoms with van der Waals surface area (Å²) < 4.78 is 54.4. The second-order valence-corrected chi connectivity index (χ2v) is 5.56. The normalized spacial score (nSPS) is 46.2. The van der Waals surface area contributed by atoms with Gasteiger partial charge in [0.25, 0.3) is 5.97 Å². The van der Waals surface area contributed by atoms with Crippen LogP contribution in [0.3, 0.4) is 0 Å². The van der Waals surface area contributed by atoms with E-state index in [-0.39, 0.29) is 18.3 Å². The zero-order valence-electron chi connectivity index (χ0n) is 9.87. The number of halogens is 3. The molecule has 0 radical (unpaired) electrons. The SMILES string of the molecule is CC(O)(CC12OC3CC(CC(C3)O1)O2)C(F)(F)F. The predicted octanol–water partition coefficient (Wildman–Crippen LogP) is 1.71. The van der Waals surface area contributed by atoms with Gasteiger partial charge in [0.1, 0.15) is 0 Å². The van der Waals surface area contributed by atoms with Crippen LogP contribution in [0.4, 0.5) is 13.2 Å². The van der Waals surface area contributed by atoms with Gasteiger partial charge in [0.05, 0.1) is 24.7 Å². The first-order chi connectivity index (χ1) is 8.19. The van der Waals surface area contributed by atoms with Crippen LogP contribution < -0.4 is 0 Å². The van der Waals surface area contributed by atoms with Gasteiger partial charge in [0, 0.05) is 19.3 Å². The Hall–Kier alpha value is -0.370. The largest absolute Gasteiger partial charge is 0.417 e. The Bertz CT molecular complexity index is 317. The fourth-order valence-electron chi connectivity index (χ4n) is 2.95. The number of aliphatic hydroxyl groups is 1. The summed E-state index contributed by atoms with van der Waals surface area (Å²) in [6.45, 7) is 0.710. The zero-order chi connectivity index (χ0) is 13.2. The van der Waals surface area contributed by atoms with Crippen molar-refractivity contribution >= 4 is 0 Å². The summed E-state index contributed by atoms with van der Waals surface area (Å²) in [5.41, 5.74) is -2.89. The van der Waals surface area contributed by atoms with Crippen LogP contribution in [0.1, 0.15) is 32.6 Å². The maximum atomic E-state index is 12.7. The van der Waals surface area contributed by atoms with Gasteiger partial charge < -0.3 is 19.3 Å². The lowest BCUT2D eigenvalue weighted by Gasteiger charge is -2.56. The van der Waals surface area contributed by atoms with Crippen molar-refractivity contribution < 1.29 is 32.5 Å². The van der Waals surface area contributed by atoms with Crippen LogP contribution in [-0.2, 0) is 14.2 Å². The Morgan fingerprint density at radius 2 is 1.44 bits per heavy atom.